The topological polar surface area (TPSA) is 143 Å². The molecule has 0 aromatic heterocycles. The van der Waals surface area contributed by atoms with E-state index in [1.54, 1.807) is 0 Å². The van der Waals surface area contributed by atoms with Crippen molar-refractivity contribution in [2.24, 2.45) is 0 Å². The van der Waals surface area contributed by atoms with Crippen LogP contribution in [0.2, 0.25) is 0 Å². The number of nitro groups is 2. The number of aromatic hydroxyl groups is 1. The summed E-state index contributed by atoms with van der Waals surface area (Å²) in [5.41, 5.74) is 3.81. The van der Waals surface area contributed by atoms with E-state index in [0.29, 0.717) is 6.07 Å². The van der Waals surface area contributed by atoms with Gasteiger partial charge in [-0.3, -0.25) is 25.7 Å². The number of hydrazine groups is 1. The first-order valence-corrected chi connectivity index (χ1v) is 5.28. The molecule has 19 heavy (non-hydrogen) atoms. The number of benzene rings is 1. The smallest absolute Gasteiger partial charge is 0.318 e. The van der Waals surface area contributed by atoms with Gasteiger partial charge in [0.25, 0.3) is 5.69 Å². The van der Waals surface area contributed by atoms with Crippen LogP contribution in [0.4, 0.5) is 11.4 Å². The highest BCUT2D eigenvalue weighted by Crippen LogP contribution is 2.37. The van der Waals surface area contributed by atoms with Gasteiger partial charge in [-0.1, -0.05) is 0 Å². The normalized spacial score (nSPS) is 17.7. The van der Waals surface area contributed by atoms with Crippen molar-refractivity contribution in [2.75, 3.05) is 0 Å². The fourth-order valence-electron chi connectivity index (χ4n) is 1.59. The maximum absolute atomic E-state index is 10.8. The first-order valence-electron chi connectivity index (χ1n) is 4.88. The van der Waals surface area contributed by atoms with Crippen LogP contribution in [0.3, 0.4) is 0 Å². The molecule has 1 unspecified atom stereocenters. The van der Waals surface area contributed by atoms with Crippen LogP contribution in [-0.2, 0) is 0 Å². The molecule has 1 fully saturated rings. The molecule has 1 heterocycles. The number of nitrogens with one attached hydrogen (secondary N) is 3. The third-order valence-electron chi connectivity index (χ3n) is 2.43. The summed E-state index contributed by atoms with van der Waals surface area (Å²) < 4.78 is 0. The lowest BCUT2D eigenvalue weighted by molar-refractivity contribution is -0.394. The van der Waals surface area contributed by atoms with Gasteiger partial charge < -0.3 is 10.4 Å². The van der Waals surface area contributed by atoms with E-state index in [4.69, 9.17) is 12.2 Å². The highest BCUT2D eigenvalue weighted by atomic mass is 32.1. The Morgan fingerprint density at radius 3 is 2.42 bits per heavy atom. The number of non-ortho nitro benzene ring substituents is 1. The van der Waals surface area contributed by atoms with Crippen LogP contribution in [0, 0.1) is 20.2 Å². The van der Waals surface area contributed by atoms with E-state index in [1.807, 2.05) is 0 Å². The van der Waals surface area contributed by atoms with Crippen LogP contribution in [-0.4, -0.2) is 20.1 Å². The van der Waals surface area contributed by atoms with E-state index in [1.165, 1.54) is 0 Å². The summed E-state index contributed by atoms with van der Waals surface area (Å²) in [5, 5.41) is 34.2. The van der Waals surface area contributed by atoms with Crippen LogP contribution in [0.25, 0.3) is 0 Å². The Morgan fingerprint density at radius 1 is 1.26 bits per heavy atom. The van der Waals surface area contributed by atoms with Gasteiger partial charge in [0, 0.05) is 11.6 Å². The predicted molar refractivity (Wildman–Crippen MR) is 66.2 cm³/mol. The quantitative estimate of drug-likeness (QED) is 0.347. The summed E-state index contributed by atoms with van der Waals surface area (Å²) in [5.74, 6) is -0.660. The minimum absolute atomic E-state index is 0.0479. The zero-order chi connectivity index (χ0) is 14.2. The SMILES string of the molecule is O=[N+]([O-])c1cc(C2NNC(=S)N2)c(O)c([N+](=O)[O-])c1. The number of phenolic OH excluding ortho intramolecular Hbond substituents is 1. The van der Waals surface area contributed by atoms with Gasteiger partial charge in [0.1, 0.15) is 6.17 Å². The monoisotopic (exact) mass is 285 g/mol. The third kappa shape index (κ3) is 2.36. The molecule has 0 spiro atoms. The van der Waals surface area contributed by atoms with Crippen LogP contribution in [0.15, 0.2) is 12.1 Å². The molecule has 11 heteroatoms. The largest absolute Gasteiger partial charge is 0.502 e. The van der Waals surface area contributed by atoms with Crippen molar-refractivity contribution in [1.29, 1.82) is 0 Å². The summed E-state index contributed by atoms with van der Waals surface area (Å²) >= 11 is 4.77. The van der Waals surface area contributed by atoms with Crippen LogP contribution < -0.4 is 16.2 Å². The molecule has 10 nitrogen and oxygen atoms in total. The van der Waals surface area contributed by atoms with Crippen molar-refractivity contribution >= 4 is 28.7 Å². The van der Waals surface area contributed by atoms with Gasteiger partial charge in [-0.2, -0.15) is 0 Å². The second kappa shape index (κ2) is 4.62. The van der Waals surface area contributed by atoms with E-state index in [-0.39, 0.29) is 10.7 Å². The molecule has 1 aromatic carbocycles. The Morgan fingerprint density at radius 2 is 1.95 bits per heavy atom. The lowest BCUT2D eigenvalue weighted by atomic mass is 10.1. The molecule has 1 saturated heterocycles. The number of thiocarbonyl (C=S) groups is 1. The molecule has 0 aliphatic carbocycles. The number of rotatable bonds is 3. The first-order chi connectivity index (χ1) is 8.90. The van der Waals surface area contributed by atoms with Crippen LogP contribution in [0.5, 0.6) is 5.75 Å². The molecule has 100 valence electrons. The van der Waals surface area contributed by atoms with Gasteiger partial charge in [-0.15, -0.1) is 0 Å². The zero-order valence-electron chi connectivity index (χ0n) is 9.11. The molecule has 0 saturated carbocycles. The Hall–Kier alpha value is -2.53. The maximum Gasteiger partial charge on any atom is 0.318 e. The molecule has 1 aliphatic heterocycles. The Balaban J connectivity index is 2.55. The number of hydrogen-bond acceptors (Lipinski definition) is 7. The molecule has 1 aliphatic rings. The van der Waals surface area contributed by atoms with Gasteiger partial charge >= 0.3 is 5.69 Å². The summed E-state index contributed by atoms with van der Waals surface area (Å²) in [6, 6.07) is 1.72. The molecule has 2 rings (SSSR count). The standard InChI is InChI=1S/C8H7N5O5S/c14-6-4(7-9-8(19)11-10-7)1-3(12(15)16)2-5(6)13(17)18/h1-2,7,10,14H,(H2,9,11,19). The molecule has 0 radical (unpaired) electrons. The van der Waals surface area contributed by atoms with Gasteiger partial charge in [0.05, 0.1) is 15.9 Å². The maximum atomic E-state index is 10.8. The fourth-order valence-corrected chi connectivity index (χ4v) is 1.76. The van der Waals surface area contributed by atoms with Gasteiger partial charge in [-0.05, 0) is 12.2 Å². The Labute approximate surface area is 110 Å². The third-order valence-corrected chi connectivity index (χ3v) is 2.65. The van der Waals surface area contributed by atoms with E-state index in [0.717, 1.165) is 6.07 Å². The Kier molecular flexibility index (Phi) is 3.14. The van der Waals surface area contributed by atoms with Crippen molar-refractivity contribution in [3.8, 4) is 5.75 Å². The number of phenols is 1. The molecule has 0 amide bonds. The predicted octanol–water partition coefficient (Wildman–Crippen LogP) is 0.189. The highest BCUT2D eigenvalue weighted by Gasteiger charge is 2.30. The first kappa shape index (κ1) is 12.9. The lowest BCUT2D eigenvalue weighted by Crippen LogP contribution is -2.26. The molecular weight excluding hydrogens is 278 g/mol. The summed E-state index contributed by atoms with van der Waals surface area (Å²) in [4.78, 5) is 19.8. The number of nitro benzene ring substituents is 2. The van der Waals surface area contributed by atoms with E-state index >= 15 is 0 Å². The molecule has 1 atom stereocenters. The molecule has 0 bridgehead atoms. The van der Waals surface area contributed by atoms with Gasteiger partial charge in [0.2, 0.25) is 5.75 Å². The second-order valence-electron chi connectivity index (χ2n) is 3.59. The number of hydrogen-bond donors (Lipinski definition) is 4. The molecular formula is C8H7N5O5S. The molecule has 1 aromatic rings. The lowest BCUT2D eigenvalue weighted by Gasteiger charge is -2.11. The fraction of sp³-hybridized carbons (Fsp3) is 0.125. The average Bonchev–Trinajstić information content (AvgIpc) is 2.75. The highest BCUT2D eigenvalue weighted by molar-refractivity contribution is 7.80. The van der Waals surface area contributed by atoms with E-state index in [9.17, 15) is 25.3 Å². The van der Waals surface area contributed by atoms with E-state index in [2.05, 4.69) is 16.2 Å². The van der Waals surface area contributed by atoms with Crippen LogP contribution >= 0.6 is 12.2 Å². The minimum Gasteiger partial charge on any atom is -0.502 e. The summed E-state index contributed by atoms with van der Waals surface area (Å²) in [7, 11) is 0. The van der Waals surface area contributed by atoms with Gasteiger partial charge in [0.15, 0.2) is 5.11 Å². The Bertz CT molecular complexity index is 591. The number of nitrogens with zero attached hydrogens (tertiary/aromatic N) is 2. The summed E-state index contributed by atoms with van der Waals surface area (Å²) in [6.45, 7) is 0. The van der Waals surface area contributed by atoms with Crippen molar-refractivity contribution < 1.29 is 15.0 Å². The summed E-state index contributed by atoms with van der Waals surface area (Å²) in [6.07, 6.45) is -0.800. The second-order valence-corrected chi connectivity index (χ2v) is 4.00. The van der Waals surface area contributed by atoms with E-state index < -0.39 is 33.1 Å². The van der Waals surface area contributed by atoms with Crippen LogP contribution in [0.1, 0.15) is 11.7 Å². The van der Waals surface area contributed by atoms with Crippen molar-refractivity contribution in [1.82, 2.24) is 16.2 Å². The average molecular weight is 285 g/mol. The van der Waals surface area contributed by atoms with Gasteiger partial charge in [-0.25, -0.2) is 5.43 Å². The van der Waals surface area contributed by atoms with Crippen molar-refractivity contribution in [3.05, 3.63) is 37.9 Å². The minimum atomic E-state index is -0.896. The zero-order valence-corrected chi connectivity index (χ0v) is 9.93. The van der Waals surface area contributed by atoms with Crippen molar-refractivity contribution in [3.63, 3.8) is 0 Å². The van der Waals surface area contributed by atoms with Crippen molar-refractivity contribution in [2.45, 2.75) is 6.17 Å². The molecule has 4 N–H and O–H groups in total.